The Kier molecular flexibility index (Phi) is 7.10. The Morgan fingerprint density at radius 3 is 2.56 bits per heavy atom. The average Bonchev–Trinajstić information content (AvgIpc) is 3.38. The van der Waals surface area contributed by atoms with E-state index in [1.807, 2.05) is 18.2 Å². The van der Waals surface area contributed by atoms with Crippen LogP contribution in [0.1, 0.15) is 54.1 Å². The zero-order chi connectivity index (χ0) is 27.7. The summed E-state index contributed by atoms with van der Waals surface area (Å²) in [5.41, 5.74) is 9.35. The number of anilines is 1. The van der Waals surface area contributed by atoms with Crippen LogP contribution in [0.25, 0.3) is 22.8 Å². The summed E-state index contributed by atoms with van der Waals surface area (Å²) in [5.74, 6) is -0.738. The maximum Gasteiger partial charge on any atom is 0.193 e. The van der Waals surface area contributed by atoms with Crippen molar-refractivity contribution < 1.29 is 12.8 Å². The number of benzene rings is 1. The molecule has 1 fully saturated rings. The fourth-order valence-electron chi connectivity index (χ4n) is 5.00. The van der Waals surface area contributed by atoms with Crippen molar-refractivity contribution in [2.24, 2.45) is 0 Å². The molecule has 1 aliphatic carbocycles. The van der Waals surface area contributed by atoms with E-state index < -0.39 is 15.7 Å². The molecule has 3 aromatic heterocycles. The highest BCUT2D eigenvalue weighted by molar-refractivity contribution is 7.91. The predicted octanol–water partition coefficient (Wildman–Crippen LogP) is 3.82. The third-order valence-electron chi connectivity index (χ3n) is 7.20. The molecular weight excluding hydrogens is 519 g/mol. The predicted molar refractivity (Wildman–Crippen MR) is 143 cm³/mol. The Morgan fingerprint density at radius 2 is 1.85 bits per heavy atom. The lowest BCUT2D eigenvalue weighted by molar-refractivity contribution is 0.429. The third kappa shape index (κ3) is 5.49. The number of sulfone groups is 1. The number of nitriles is 1. The van der Waals surface area contributed by atoms with Gasteiger partial charge in [0.1, 0.15) is 21.2 Å². The minimum Gasteiger partial charge on any atom is -0.381 e. The van der Waals surface area contributed by atoms with E-state index in [-0.39, 0.29) is 34.2 Å². The van der Waals surface area contributed by atoms with E-state index in [2.05, 4.69) is 26.3 Å². The van der Waals surface area contributed by atoms with Crippen LogP contribution in [0.3, 0.4) is 0 Å². The fraction of sp³-hybridized carbons (Fsp3) is 0.333. The maximum absolute atomic E-state index is 15.0. The third-order valence-corrected chi connectivity index (χ3v) is 8.89. The summed E-state index contributed by atoms with van der Waals surface area (Å²) in [7, 11) is -3.03. The number of halogens is 1. The molecule has 4 aromatic rings. The Morgan fingerprint density at radius 1 is 1.10 bits per heavy atom. The Hall–Kier alpha value is -4.24. The molecule has 0 atom stereocenters. The molecule has 1 saturated carbocycles. The summed E-state index contributed by atoms with van der Waals surface area (Å²) >= 11 is 0. The normalized spacial score (nSPS) is 17.6. The monoisotopic (exact) mass is 546 g/mol. The molecule has 1 aromatic carbocycles. The van der Waals surface area contributed by atoms with E-state index in [1.54, 1.807) is 36.0 Å². The number of nitrogens with two attached hydrogens (primary N) is 1. The first-order chi connectivity index (χ1) is 18.6. The van der Waals surface area contributed by atoms with E-state index in [9.17, 15) is 18.1 Å². The molecule has 39 heavy (non-hydrogen) atoms. The van der Waals surface area contributed by atoms with Gasteiger partial charge in [-0.1, -0.05) is 23.4 Å². The molecule has 0 radical (unpaired) electrons. The number of nitrogen functional groups attached to an aromatic ring is 1. The zero-order valence-electron chi connectivity index (χ0n) is 21.5. The van der Waals surface area contributed by atoms with Gasteiger partial charge in [0.05, 0.1) is 35.3 Å². The van der Waals surface area contributed by atoms with Crippen molar-refractivity contribution in [1.82, 2.24) is 29.9 Å². The van der Waals surface area contributed by atoms with E-state index in [1.165, 1.54) is 6.26 Å². The van der Waals surface area contributed by atoms with Gasteiger partial charge >= 0.3 is 0 Å². The molecule has 10 nitrogen and oxygen atoms in total. The van der Waals surface area contributed by atoms with Crippen molar-refractivity contribution in [1.29, 1.82) is 5.26 Å². The van der Waals surface area contributed by atoms with Crippen LogP contribution in [-0.2, 0) is 16.4 Å². The summed E-state index contributed by atoms with van der Waals surface area (Å²) in [6.45, 7) is 2.07. The topological polar surface area (TPSA) is 153 Å². The highest BCUT2D eigenvalue weighted by atomic mass is 32.2. The van der Waals surface area contributed by atoms with Gasteiger partial charge in [0.2, 0.25) is 0 Å². The van der Waals surface area contributed by atoms with Crippen LogP contribution in [-0.4, -0.2) is 49.9 Å². The van der Waals surface area contributed by atoms with Gasteiger partial charge in [0, 0.05) is 23.4 Å². The SMILES string of the molecule is Cc1c(C#N)cccc1-c1nc(N)c(F)c(-c2cn(Cc3cccc(C4CCC(S(C)(=O)=O)CC4)n3)nn2)n1. The molecule has 5 rings (SSSR count). The van der Waals surface area contributed by atoms with Gasteiger partial charge in [0.15, 0.2) is 17.5 Å². The van der Waals surface area contributed by atoms with Crippen LogP contribution in [0, 0.1) is 24.1 Å². The summed E-state index contributed by atoms with van der Waals surface area (Å²) in [6, 6.07) is 13.0. The lowest BCUT2D eigenvalue weighted by Gasteiger charge is -2.27. The van der Waals surface area contributed by atoms with Crippen molar-refractivity contribution in [3.63, 3.8) is 0 Å². The number of nitrogens with zero attached hydrogens (tertiary/aromatic N) is 7. The first-order valence-electron chi connectivity index (χ1n) is 12.5. The highest BCUT2D eigenvalue weighted by Crippen LogP contribution is 2.34. The molecule has 0 bridgehead atoms. The zero-order valence-corrected chi connectivity index (χ0v) is 22.4. The van der Waals surface area contributed by atoms with Crippen LogP contribution >= 0.6 is 0 Å². The Bertz CT molecular complexity index is 1690. The lowest BCUT2D eigenvalue weighted by atomic mass is 9.86. The van der Waals surface area contributed by atoms with Crippen LogP contribution < -0.4 is 5.73 Å². The van der Waals surface area contributed by atoms with E-state index >= 15 is 0 Å². The first kappa shape index (κ1) is 26.4. The molecule has 0 aliphatic heterocycles. The van der Waals surface area contributed by atoms with Crippen LogP contribution in [0.15, 0.2) is 42.6 Å². The van der Waals surface area contributed by atoms with Crippen molar-refractivity contribution >= 4 is 15.7 Å². The number of hydrogen-bond donors (Lipinski definition) is 1. The van der Waals surface area contributed by atoms with Gasteiger partial charge in [-0.05, 0) is 56.4 Å². The quantitative estimate of drug-likeness (QED) is 0.380. The number of hydrogen-bond acceptors (Lipinski definition) is 9. The van der Waals surface area contributed by atoms with Gasteiger partial charge in [-0.3, -0.25) is 4.98 Å². The van der Waals surface area contributed by atoms with Gasteiger partial charge in [-0.15, -0.1) is 5.10 Å². The van der Waals surface area contributed by atoms with E-state index in [0.29, 0.717) is 36.1 Å². The van der Waals surface area contributed by atoms with Crippen LogP contribution in [0.5, 0.6) is 0 Å². The standard InChI is InChI=1S/C27H27FN8O2S/c1-16-18(13-29)5-3-7-21(16)27-32-25(24(28)26(30)33-27)23-15-36(35-34-23)14-19-6-4-8-22(31-19)17-9-11-20(12-10-17)39(2,37)38/h3-8,15,17,20H,9-12,14H2,1-2H3,(H2,30,32,33). The average molecular weight is 547 g/mol. The van der Waals surface area contributed by atoms with Gasteiger partial charge in [-0.25, -0.2) is 27.5 Å². The van der Waals surface area contributed by atoms with Crippen molar-refractivity contribution in [2.75, 3.05) is 12.0 Å². The second-order valence-electron chi connectivity index (χ2n) is 9.84. The molecule has 0 spiro atoms. The highest BCUT2D eigenvalue weighted by Gasteiger charge is 2.29. The summed E-state index contributed by atoms with van der Waals surface area (Å²) in [6.07, 6.45) is 5.69. The molecule has 0 unspecified atom stereocenters. The lowest BCUT2D eigenvalue weighted by Crippen LogP contribution is -2.25. The molecule has 1 aliphatic rings. The molecule has 0 amide bonds. The smallest absolute Gasteiger partial charge is 0.193 e. The number of aromatic nitrogens is 6. The van der Waals surface area contributed by atoms with Crippen LogP contribution in [0.2, 0.25) is 0 Å². The van der Waals surface area contributed by atoms with Crippen LogP contribution in [0.4, 0.5) is 10.2 Å². The van der Waals surface area contributed by atoms with Crippen molar-refractivity contribution in [3.8, 4) is 28.8 Å². The van der Waals surface area contributed by atoms with Gasteiger partial charge < -0.3 is 5.73 Å². The molecular formula is C27H27FN8O2S. The summed E-state index contributed by atoms with van der Waals surface area (Å²) in [4.78, 5) is 13.3. The van der Waals surface area contributed by atoms with E-state index in [4.69, 9.17) is 10.7 Å². The number of pyridine rings is 1. The van der Waals surface area contributed by atoms with E-state index in [0.717, 1.165) is 24.2 Å². The van der Waals surface area contributed by atoms with Gasteiger partial charge in [0.25, 0.3) is 0 Å². The maximum atomic E-state index is 15.0. The second kappa shape index (κ2) is 10.5. The number of rotatable bonds is 6. The summed E-state index contributed by atoms with van der Waals surface area (Å²) < 4.78 is 40.3. The molecule has 12 heteroatoms. The fourth-order valence-corrected chi connectivity index (χ4v) is 6.13. The largest absolute Gasteiger partial charge is 0.381 e. The molecule has 200 valence electrons. The molecule has 2 N–H and O–H groups in total. The minimum absolute atomic E-state index is 0.0881. The first-order valence-corrected chi connectivity index (χ1v) is 14.5. The van der Waals surface area contributed by atoms with Gasteiger partial charge in [-0.2, -0.15) is 5.26 Å². The van der Waals surface area contributed by atoms with Crippen molar-refractivity contribution in [3.05, 3.63) is 70.9 Å². The molecule has 0 saturated heterocycles. The second-order valence-corrected chi connectivity index (χ2v) is 12.2. The Balaban J connectivity index is 1.37. The van der Waals surface area contributed by atoms with Crippen molar-refractivity contribution in [2.45, 2.75) is 50.3 Å². The minimum atomic E-state index is -3.03. The molecule has 3 heterocycles. The summed E-state index contributed by atoms with van der Waals surface area (Å²) in [5, 5.41) is 17.3. The Labute approximate surface area is 225 Å².